The van der Waals surface area contributed by atoms with Gasteiger partial charge in [-0.2, -0.15) is 5.10 Å². The summed E-state index contributed by atoms with van der Waals surface area (Å²) in [6, 6.07) is 10.6. The third-order valence-electron chi connectivity index (χ3n) is 4.52. The molecule has 8 heteroatoms. The van der Waals surface area contributed by atoms with Crippen molar-refractivity contribution in [2.45, 2.75) is 13.0 Å². The summed E-state index contributed by atoms with van der Waals surface area (Å²) in [7, 11) is 0. The minimum Gasteiger partial charge on any atom is -0.345 e. The number of nitrogens with zero attached hydrogens (tertiary/aromatic N) is 4. The number of amides is 1. The van der Waals surface area contributed by atoms with Crippen LogP contribution >= 0.6 is 0 Å². The molecule has 2 aromatic carbocycles. The largest absolute Gasteiger partial charge is 0.345 e. The molecule has 1 N–H and O–H groups in total. The molecule has 1 amide bonds. The quantitative estimate of drug-likeness (QED) is 0.561. The van der Waals surface area contributed by atoms with E-state index < -0.39 is 11.6 Å². The summed E-state index contributed by atoms with van der Waals surface area (Å²) >= 11 is 0. The summed E-state index contributed by atoms with van der Waals surface area (Å²) in [5, 5.41) is 6.91. The Labute approximate surface area is 165 Å². The maximum Gasteiger partial charge on any atom is 0.254 e. The van der Waals surface area contributed by atoms with Crippen molar-refractivity contribution >= 4 is 5.91 Å². The van der Waals surface area contributed by atoms with E-state index in [1.165, 1.54) is 23.1 Å². The first-order valence-corrected chi connectivity index (χ1v) is 8.90. The van der Waals surface area contributed by atoms with Gasteiger partial charge in [0.05, 0.1) is 24.1 Å². The summed E-state index contributed by atoms with van der Waals surface area (Å²) in [4.78, 5) is 16.6. The average molecular weight is 393 g/mol. The predicted octanol–water partition coefficient (Wildman–Crippen LogP) is 3.83. The van der Waals surface area contributed by atoms with Crippen LogP contribution in [0, 0.1) is 11.6 Å². The van der Waals surface area contributed by atoms with E-state index in [-0.39, 0.29) is 23.2 Å². The van der Waals surface area contributed by atoms with Gasteiger partial charge in [-0.1, -0.05) is 12.1 Å². The van der Waals surface area contributed by atoms with E-state index in [1.807, 2.05) is 42.0 Å². The number of carbonyl (C=O) groups is 1. The molecule has 146 valence electrons. The zero-order valence-corrected chi connectivity index (χ0v) is 15.5. The molecule has 2 aromatic heterocycles. The molecular weight excluding hydrogens is 376 g/mol. The van der Waals surface area contributed by atoms with Gasteiger partial charge in [-0.3, -0.25) is 4.79 Å². The number of halogens is 2. The van der Waals surface area contributed by atoms with E-state index in [4.69, 9.17) is 0 Å². The Morgan fingerprint density at radius 1 is 1.17 bits per heavy atom. The fraction of sp³-hybridized carbons (Fsp3) is 0.0952. The molecule has 0 radical (unpaired) electrons. The molecule has 0 bridgehead atoms. The van der Waals surface area contributed by atoms with Gasteiger partial charge >= 0.3 is 0 Å². The standard InChI is InChI=1S/C21H17F2N5O/c1-14(15-3-2-4-18(9-15)27-8-7-24-13-27)26-21(29)16-11-25-28(12-16)20-6-5-17(22)10-19(20)23/h2-14H,1H3,(H,26,29)/t14-/m0/s1. The third kappa shape index (κ3) is 3.91. The van der Waals surface area contributed by atoms with Gasteiger partial charge in [-0.15, -0.1) is 0 Å². The van der Waals surface area contributed by atoms with Crippen LogP contribution in [0.1, 0.15) is 28.9 Å². The molecular formula is C21H17F2N5O. The number of benzene rings is 2. The summed E-state index contributed by atoms with van der Waals surface area (Å²) in [6.45, 7) is 1.87. The number of hydrogen-bond donors (Lipinski definition) is 1. The Morgan fingerprint density at radius 2 is 2.03 bits per heavy atom. The van der Waals surface area contributed by atoms with Crippen molar-refractivity contribution in [3.8, 4) is 11.4 Å². The second-order valence-corrected chi connectivity index (χ2v) is 6.53. The maximum atomic E-state index is 13.9. The second kappa shape index (κ2) is 7.67. The lowest BCUT2D eigenvalue weighted by Gasteiger charge is -2.15. The van der Waals surface area contributed by atoms with Gasteiger partial charge in [-0.05, 0) is 36.8 Å². The van der Waals surface area contributed by atoms with Crippen LogP contribution in [-0.2, 0) is 0 Å². The van der Waals surface area contributed by atoms with Crippen molar-refractivity contribution in [2.24, 2.45) is 0 Å². The monoisotopic (exact) mass is 393 g/mol. The van der Waals surface area contributed by atoms with E-state index in [9.17, 15) is 13.6 Å². The fourth-order valence-electron chi connectivity index (χ4n) is 2.97. The fourth-order valence-corrected chi connectivity index (χ4v) is 2.97. The number of aromatic nitrogens is 4. The van der Waals surface area contributed by atoms with Crippen LogP contribution in [0.2, 0.25) is 0 Å². The highest BCUT2D eigenvalue weighted by molar-refractivity contribution is 5.94. The molecule has 4 aromatic rings. The molecule has 0 aliphatic carbocycles. The number of imidazole rings is 1. The van der Waals surface area contributed by atoms with E-state index >= 15 is 0 Å². The first-order valence-electron chi connectivity index (χ1n) is 8.90. The topological polar surface area (TPSA) is 64.7 Å². The Kier molecular flexibility index (Phi) is 4.90. The molecule has 0 unspecified atom stereocenters. The highest BCUT2D eigenvalue weighted by atomic mass is 19.1. The third-order valence-corrected chi connectivity index (χ3v) is 4.52. The molecule has 0 fully saturated rings. The lowest BCUT2D eigenvalue weighted by atomic mass is 10.1. The van der Waals surface area contributed by atoms with Gasteiger partial charge in [-0.25, -0.2) is 18.4 Å². The Hall–Kier alpha value is -3.81. The Bertz CT molecular complexity index is 1150. The number of nitrogens with one attached hydrogen (secondary N) is 1. The van der Waals surface area contributed by atoms with E-state index in [2.05, 4.69) is 15.4 Å². The van der Waals surface area contributed by atoms with Gasteiger partial charge in [0.2, 0.25) is 0 Å². The van der Waals surface area contributed by atoms with Crippen molar-refractivity contribution in [1.82, 2.24) is 24.6 Å². The van der Waals surface area contributed by atoms with Crippen LogP contribution in [0.25, 0.3) is 11.4 Å². The lowest BCUT2D eigenvalue weighted by molar-refractivity contribution is 0.0940. The zero-order valence-electron chi connectivity index (χ0n) is 15.5. The molecule has 1 atom stereocenters. The Morgan fingerprint density at radius 3 is 2.79 bits per heavy atom. The second-order valence-electron chi connectivity index (χ2n) is 6.53. The zero-order chi connectivity index (χ0) is 20.4. The molecule has 2 heterocycles. The summed E-state index contributed by atoms with van der Waals surface area (Å²) in [6.07, 6.45) is 7.98. The summed E-state index contributed by atoms with van der Waals surface area (Å²) in [5.41, 5.74) is 2.18. The minimum atomic E-state index is -0.759. The maximum absolute atomic E-state index is 13.9. The average Bonchev–Trinajstić information content (AvgIpc) is 3.40. The molecule has 0 spiro atoms. The van der Waals surface area contributed by atoms with Crippen LogP contribution in [0.4, 0.5) is 8.78 Å². The van der Waals surface area contributed by atoms with Crippen molar-refractivity contribution in [3.05, 3.63) is 96.3 Å². The number of rotatable bonds is 5. The van der Waals surface area contributed by atoms with E-state index in [0.29, 0.717) is 0 Å². The first kappa shape index (κ1) is 18.5. The van der Waals surface area contributed by atoms with Crippen LogP contribution in [0.5, 0.6) is 0 Å². The highest BCUT2D eigenvalue weighted by Gasteiger charge is 2.15. The van der Waals surface area contributed by atoms with E-state index in [0.717, 1.165) is 23.4 Å². The van der Waals surface area contributed by atoms with Crippen LogP contribution < -0.4 is 5.32 Å². The van der Waals surface area contributed by atoms with Crippen molar-refractivity contribution in [3.63, 3.8) is 0 Å². The lowest BCUT2D eigenvalue weighted by Crippen LogP contribution is -2.26. The molecule has 0 saturated heterocycles. The van der Waals surface area contributed by atoms with Gasteiger partial charge in [0.15, 0.2) is 5.82 Å². The number of hydrogen-bond acceptors (Lipinski definition) is 3. The van der Waals surface area contributed by atoms with E-state index in [1.54, 1.807) is 12.5 Å². The van der Waals surface area contributed by atoms with Crippen molar-refractivity contribution in [2.75, 3.05) is 0 Å². The minimum absolute atomic E-state index is 0.0616. The van der Waals surface area contributed by atoms with Crippen molar-refractivity contribution < 1.29 is 13.6 Å². The summed E-state index contributed by atoms with van der Waals surface area (Å²) < 4.78 is 30.1. The summed E-state index contributed by atoms with van der Waals surface area (Å²) in [5.74, 6) is -1.79. The molecule has 0 aliphatic heterocycles. The Balaban J connectivity index is 1.50. The van der Waals surface area contributed by atoms with Gasteiger partial charge in [0.25, 0.3) is 5.91 Å². The van der Waals surface area contributed by atoms with Gasteiger partial charge in [0, 0.05) is 30.3 Å². The number of carbonyl (C=O) groups excluding carboxylic acids is 1. The SMILES string of the molecule is C[C@H](NC(=O)c1cnn(-c2ccc(F)cc2F)c1)c1cccc(-n2ccnc2)c1. The van der Waals surface area contributed by atoms with Crippen LogP contribution in [0.15, 0.2) is 73.6 Å². The molecule has 0 saturated carbocycles. The highest BCUT2D eigenvalue weighted by Crippen LogP contribution is 2.18. The van der Waals surface area contributed by atoms with Crippen LogP contribution in [0.3, 0.4) is 0 Å². The normalized spacial score (nSPS) is 12.0. The van der Waals surface area contributed by atoms with Gasteiger partial charge < -0.3 is 9.88 Å². The first-order chi connectivity index (χ1) is 14.0. The van der Waals surface area contributed by atoms with Gasteiger partial charge in [0.1, 0.15) is 11.5 Å². The van der Waals surface area contributed by atoms with Crippen molar-refractivity contribution in [1.29, 1.82) is 0 Å². The molecule has 29 heavy (non-hydrogen) atoms. The molecule has 0 aliphatic rings. The molecule has 4 rings (SSSR count). The smallest absolute Gasteiger partial charge is 0.254 e. The molecule has 6 nitrogen and oxygen atoms in total. The predicted molar refractivity (Wildman–Crippen MR) is 103 cm³/mol. The van der Waals surface area contributed by atoms with Crippen LogP contribution in [-0.4, -0.2) is 25.2 Å².